The SMILES string of the molecule is CCc1ccc(CNCC(=O)NCc2ccccc2)o1. The zero-order chi connectivity index (χ0) is 14.2. The van der Waals surface area contributed by atoms with Crippen LogP contribution in [-0.2, 0) is 24.3 Å². The fourth-order valence-electron chi connectivity index (χ4n) is 1.87. The molecule has 0 aliphatic carbocycles. The van der Waals surface area contributed by atoms with Crippen molar-refractivity contribution in [3.8, 4) is 0 Å². The van der Waals surface area contributed by atoms with Gasteiger partial charge in [0.25, 0.3) is 0 Å². The normalized spacial score (nSPS) is 10.4. The van der Waals surface area contributed by atoms with Crippen molar-refractivity contribution in [2.75, 3.05) is 6.54 Å². The van der Waals surface area contributed by atoms with Gasteiger partial charge in [-0.1, -0.05) is 37.3 Å². The van der Waals surface area contributed by atoms with E-state index in [9.17, 15) is 4.79 Å². The first kappa shape index (κ1) is 14.3. The van der Waals surface area contributed by atoms with Gasteiger partial charge in [0.15, 0.2) is 0 Å². The summed E-state index contributed by atoms with van der Waals surface area (Å²) in [6.07, 6.45) is 0.886. The average Bonchev–Trinajstić information content (AvgIpc) is 2.94. The van der Waals surface area contributed by atoms with Crippen LogP contribution in [0.4, 0.5) is 0 Å². The molecule has 0 bridgehead atoms. The Morgan fingerprint density at radius 1 is 1.05 bits per heavy atom. The van der Waals surface area contributed by atoms with Crippen LogP contribution in [0.1, 0.15) is 24.0 Å². The number of nitrogens with one attached hydrogen (secondary N) is 2. The van der Waals surface area contributed by atoms with Crippen molar-refractivity contribution in [3.05, 3.63) is 59.5 Å². The summed E-state index contributed by atoms with van der Waals surface area (Å²) in [5.74, 6) is 1.81. The Morgan fingerprint density at radius 3 is 2.50 bits per heavy atom. The number of carbonyl (C=O) groups is 1. The first-order valence-electron chi connectivity index (χ1n) is 6.87. The Kier molecular flexibility index (Phi) is 5.38. The number of furan rings is 1. The second kappa shape index (κ2) is 7.50. The van der Waals surface area contributed by atoms with E-state index in [1.807, 2.05) is 49.4 Å². The third-order valence-corrected chi connectivity index (χ3v) is 2.98. The van der Waals surface area contributed by atoms with Crippen molar-refractivity contribution in [3.63, 3.8) is 0 Å². The summed E-state index contributed by atoms with van der Waals surface area (Å²) in [6, 6.07) is 13.8. The summed E-state index contributed by atoms with van der Waals surface area (Å²) < 4.78 is 5.55. The van der Waals surface area contributed by atoms with Crippen LogP contribution in [0.15, 0.2) is 46.9 Å². The van der Waals surface area contributed by atoms with Gasteiger partial charge in [-0.3, -0.25) is 4.79 Å². The molecule has 2 rings (SSSR count). The van der Waals surface area contributed by atoms with Crippen molar-refractivity contribution in [1.29, 1.82) is 0 Å². The van der Waals surface area contributed by atoms with Gasteiger partial charge < -0.3 is 15.1 Å². The molecule has 0 aliphatic rings. The predicted octanol–water partition coefficient (Wildman–Crippen LogP) is 2.25. The van der Waals surface area contributed by atoms with E-state index >= 15 is 0 Å². The maximum absolute atomic E-state index is 11.7. The Morgan fingerprint density at radius 2 is 1.80 bits per heavy atom. The minimum atomic E-state index is -0.0175. The van der Waals surface area contributed by atoms with Gasteiger partial charge in [0.1, 0.15) is 11.5 Å². The van der Waals surface area contributed by atoms with Crippen LogP contribution in [0.5, 0.6) is 0 Å². The van der Waals surface area contributed by atoms with Gasteiger partial charge in [-0.2, -0.15) is 0 Å². The lowest BCUT2D eigenvalue weighted by Crippen LogP contribution is -2.33. The minimum Gasteiger partial charge on any atom is -0.465 e. The number of hydrogen-bond donors (Lipinski definition) is 2. The lowest BCUT2D eigenvalue weighted by molar-refractivity contribution is -0.120. The summed E-state index contributed by atoms with van der Waals surface area (Å²) in [7, 11) is 0. The molecule has 0 saturated carbocycles. The van der Waals surface area contributed by atoms with Gasteiger partial charge in [-0.05, 0) is 17.7 Å². The quantitative estimate of drug-likeness (QED) is 0.813. The molecule has 2 N–H and O–H groups in total. The molecule has 0 spiro atoms. The van der Waals surface area contributed by atoms with Crippen molar-refractivity contribution in [2.45, 2.75) is 26.4 Å². The summed E-state index contributed by atoms with van der Waals surface area (Å²) in [5.41, 5.74) is 1.10. The van der Waals surface area contributed by atoms with Crippen LogP contribution < -0.4 is 10.6 Å². The third-order valence-electron chi connectivity index (χ3n) is 2.98. The molecule has 1 aromatic carbocycles. The van der Waals surface area contributed by atoms with E-state index in [0.717, 1.165) is 23.5 Å². The molecule has 2 aromatic rings. The highest BCUT2D eigenvalue weighted by Gasteiger charge is 2.03. The third kappa shape index (κ3) is 4.55. The molecule has 0 saturated heterocycles. The van der Waals surface area contributed by atoms with Crippen LogP contribution in [0.25, 0.3) is 0 Å². The van der Waals surface area contributed by atoms with Crippen LogP contribution in [-0.4, -0.2) is 12.5 Å². The summed E-state index contributed by atoms with van der Waals surface area (Å²) in [5, 5.41) is 5.94. The number of amides is 1. The van der Waals surface area contributed by atoms with Gasteiger partial charge in [-0.15, -0.1) is 0 Å². The van der Waals surface area contributed by atoms with Gasteiger partial charge in [-0.25, -0.2) is 0 Å². The Bertz CT molecular complexity index is 534. The molecule has 4 nitrogen and oxygen atoms in total. The number of carbonyl (C=O) groups excluding carboxylic acids is 1. The van der Waals surface area contributed by atoms with E-state index in [1.165, 1.54) is 0 Å². The topological polar surface area (TPSA) is 54.3 Å². The molecular weight excluding hydrogens is 252 g/mol. The van der Waals surface area contributed by atoms with Gasteiger partial charge in [0, 0.05) is 13.0 Å². The fraction of sp³-hybridized carbons (Fsp3) is 0.312. The van der Waals surface area contributed by atoms with Crippen LogP contribution >= 0.6 is 0 Å². The fourth-order valence-corrected chi connectivity index (χ4v) is 1.87. The lowest BCUT2D eigenvalue weighted by Gasteiger charge is -2.06. The van der Waals surface area contributed by atoms with Gasteiger partial charge in [0.05, 0.1) is 13.1 Å². The highest BCUT2D eigenvalue weighted by Crippen LogP contribution is 2.07. The molecule has 0 atom stereocenters. The number of aryl methyl sites for hydroxylation is 1. The molecule has 0 radical (unpaired) electrons. The Balaban J connectivity index is 1.65. The predicted molar refractivity (Wildman–Crippen MR) is 78.1 cm³/mol. The molecule has 0 aliphatic heterocycles. The molecular formula is C16H20N2O2. The number of benzene rings is 1. The van der Waals surface area contributed by atoms with Crippen molar-refractivity contribution < 1.29 is 9.21 Å². The zero-order valence-corrected chi connectivity index (χ0v) is 11.7. The highest BCUT2D eigenvalue weighted by molar-refractivity contribution is 5.77. The summed E-state index contributed by atoms with van der Waals surface area (Å²) in [6.45, 7) is 3.46. The van der Waals surface area contributed by atoms with E-state index in [1.54, 1.807) is 0 Å². The molecule has 0 unspecified atom stereocenters. The zero-order valence-electron chi connectivity index (χ0n) is 11.7. The highest BCUT2D eigenvalue weighted by atomic mass is 16.3. The van der Waals surface area contributed by atoms with Gasteiger partial charge in [0.2, 0.25) is 5.91 Å². The standard InChI is InChI=1S/C16H20N2O2/c1-2-14-8-9-15(20-14)11-17-12-16(19)18-10-13-6-4-3-5-7-13/h3-9,17H,2,10-12H2,1H3,(H,18,19). The minimum absolute atomic E-state index is 0.0175. The molecule has 4 heteroatoms. The van der Waals surface area contributed by atoms with E-state index < -0.39 is 0 Å². The second-order valence-electron chi connectivity index (χ2n) is 4.59. The maximum atomic E-state index is 11.7. The van der Waals surface area contributed by atoms with E-state index in [2.05, 4.69) is 10.6 Å². The van der Waals surface area contributed by atoms with Crippen molar-refractivity contribution >= 4 is 5.91 Å². The Hall–Kier alpha value is -2.07. The molecule has 106 valence electrons. The lowest BCUT2D eigenvalue weighted by atomic mass is 10.2. The first-order valence-corrected chi connectivity index (χ1v) is 6.87. The molecule has 1 aromatic heterocycles. The first-order chi connectivity index (χ1) is 9.78. The molecule has 0 fully saturated rings. The number of rotatable bonds is 7. The Labute approximate surface area is 119 Å². The van der Waals surface area contributed by atoms with Gasteiger partial charge >= 0.3 is 0 Å². The van der Waals surface area contributed by atoms with E-state index in [4.69, 9.17) is 4.42 Å². The monoisotopic (exact) mass is 272 g/mol. The van der Waals surface area contributed by atoms with Crippen molar-refractivity contribution in [1.82, 2.24) is 10.6 Å². The number of hydrogen-bond acceptors (Lipinski definition) is 3. The van der Waals surface area contributed by atoms with E-state index in [-0.39, 0.29) is 12.5 Å². The average molecular weight is 272 g/mol. The van der Waals surface area contributed by atoms with E-state index in [0.29, 0.717) is 13.1 Å². The van der Waals surface area contributed by atoms with Crippen LogP contribution in [0.2, 0.25) is 0 Å². The smallest absolute Gasteiger partial charge is 0.234 e. The summed E-state index contributed by atoms with van der Waals surface area (Å²) in [4.78, 5) is 11.7. The van der Waals surface area contributed by atoms with Crippen LogP contribution in [0, 0.1) is 0 Å². The molecule has 20 heavy (non-hydrogen) atoms. The molecule has 1 heterocycles. The van der Waals surface area contributed by atoms with Crippen LogP contribution in [0.3, 0.4) is 0 Å². The largest absolute Gasteiger partial charge is 0.465 e. The second-order valence-corrected chi connectivity index (χ2v) is 4.59. The summed E-state index contributed by atoms with van der Waals surface area (Å²) >= 11 is 0. The molecule has 1 amide bonds. The maximum Gasteiger partial charge on any atom is 0.234 e. The van der Waals surface area contributed by atoms with Crippen molar-refractivity contribution in [2.24, 2.45) is 0 Å².